The van der Waals surface area contributed by atoms with Crippen LogP contribution in [-0.4, -0.2) is 31.8 Å². The SMILES string of the molecule is C[C@H]1C[C@H]1c1ccc(CN(C(=O)Cn2cc(C3CC3)nn2)C2CC2)o1. The van der Waals surface area contributed by atoms with E-state index in [0.29, 0.717) is 24.4 Å². The fraction of sp³-hybridized carbons (Fsp3) is 0.632. The smallest absolute Gasteiger partial charge is 0.245 e. The van der Waals surface area contributed by atoms with Crippen LogP contribution >= 0.6 is 0 Å². The van der Waals surface area contributed by atoms with E-state index >= 15 is 0 Å². The lowest BCUT2D eigenvalue weighted by Crippen LogP contribution is -2.35. The molecule has 3 aliphatic carbocycles. The maximum absolute atomic E-state index is 12.8. The van der Waals surface area contributed by atoms with Crippen molar-refractivity contribution in [3.05, 3.63) is 35.5 Å². The molecule has 2 aromatic rings. The summed E-state index contributed by atoms with van der Waals surface area (Å²) in [6, 6.07) is 4.47. The summed E-state index contributed by atoms with van der Waals surface area (Å²) in [5, 5.41) is 8.32. The van der Waals surface area contributed by atoms with Crippen LogP contribution in [0.3, 0.4) is 0 Å². The van der Waals surface area contributed by atoms with Gasteiger partial charge in [-0.25, -0.2) is 4.68 Å². The summed E-state index contributed by atoms with van der Waals surface area (Å²) in [5.41, 5.74) is 1.03. The topological polar surface area (TPSA) is 64.2 Å². The number of carbonyl (C=O) groups is 1. The highest BCUT2D eigenvalue weighted by Gasteiger charge is 2.37. The number of carbonyl (C=O) groups excluding carboxylic acids is 1. The van der Waals surface area contributed by atoms with Crippen molar-refractivity contribution in [3.8, 4) is 0 Å². The Hall–Kier alpha value is -2.11. The van der Waals surface area contributed by atoms with E-state index in [1.165, 1.54) is 19.3 Å². The molecule has 0 aromatic carbocycles. The molecule has 1 amide bonds. The van der Waals surface area contributed by atoms with Crippen molar-refractivity contribution in [2.45, 2.75) is 70.0 Å². The van der Waals surface area contributed by atoms with E-state index in [9.17, 15) is 4.79 Å². The fourth-order valence-corrected chi connectivity index (χ4v) is 3.56. The first-order valence-corrected chi connectivity index (χ1v) is 9.45. The molecule has 0 aliphatic heterocycles. The van der Waals surface area contributed by atoms with E-state index in [-0.39, 0.29) is 12.5 Å². The van der Waals surface area contributed by atoms with Gasteiger partial charge in [-0.3, -0.25) is 4.79 Å². The van der Waals surface area contributed by atoms with Crippen LogP contribution in [0.4, 0.5) is 0 Å². The molecule has 3 aliphatic rings. The van der Waals surface area contributed by atoms with Crippen LogP contribution in [0, 0.1) is 5.92 Å². The van der Waals surface area contributed by atoms with Gasteiger partial charge in [0.25, 0.3) is 0 Å². The van der Waals surface area contributed by atoms with Crippen molar-refractivity contribution in [2.75, 3.05) is 0 Å². The molecule has 3 saturated carbocycles. The van der Waals surface area contributed by atoms with Crippen LogP contribution in [0.15, 0.2) is 22.7 Å². The van der Waals surface area contributed by atoms with Crippen LogP contribution in [0.25, 0.3) is 0 Å². The molecule has 3 fully saturated rings. The molecule has 6 nitrogen and oxygen atoms in total. The highest BCUT2D eigenvalue weighted by Crippen LogP contribution is 2.47. The number of furan rings is 1. The third-order valence-corrected chi connectivity index (χ3v) is 5.64. The van der Waals surface area contributed by atoms with E-state index in [2.05, 4.69) is 23.3 Å². The maximum atomic E-state index is 12.8. The fourth-order valence-electron chi connectivity index (χ4n) is 3.56. The van der Waals surface area contributed by atoms with Crippen molar-refractivity contribution in [1.29, 1.82) is 0 Å². The summed E-state index contributed by atoms with van der Waals surface area (Å²) < 4.78 is 7.69. The third-order valence-electron chi connectivity index (χ3n) is 5.64. The van der Waals surface area contributed by atoms with Crippen LogP contribution < -0.4 is 0 Å². The molecule has 2 atom stereocenters. The van der Waals surface area contributed by atoms with Gasteiger partial charge in [0.1, 0.15) is 18.1 Å². The third kappa shape index (κ3) is 3.22. The molecule has 0 radical (unpaired) electrons. The summed E-state index contributed by atoms with van der Waals surface area (Å²) in [6.45, 7) is 3.08. The first kappa shape index (κ1) is 15.2. The first-order chi connectivity index (χ1) is 12.2. The number of hydrogen-bond donors (Lipinski definition) is 0. The maximum Gasteiger partial charge on any atom is 0.245 e. The molecule has 0 spiro atoms. The van der Waals surface area contributed by atoms with E-state index in [4.69, 9.17) is 4.42 Å². The molecule has 25 heavy (non-hydrogen) atoms. The summed E-state index contributed by atoms with van der Waals surface area (Å²) in [4.78, 5) is 14.7. The Bertz CT molecular complexity index is 787. The van der Waals surface area contributed by atoms with Gasteiger partial charge in [0.15, 0.2) is 0 Å². The zero-order chi connectivity index (χ0) is 17.0. The molecule has 2 aromatic heterocycles. The number of hydrogen-bond acceptors (Lipinski definition) is 4. The van der Waals surface area contributed by atoms with E-state index in [0.717, 1.165) is 36.0 Å². The van der Waals surface area contributed by atoms with Gasteiger partial charge in [0.05, 0.1) is 12.2 Å². The van der Waals surface area contributed by atoms with E-state index in [1.807, 2.05) is 17.2 Å². The predicted molar refractivity (Wildman–Crippen MR) is 90.8 cm³/mol. The summed E-state index contributed by atoms with van der Waals surface area (Å²) >= 11 is 0. The van der Waals surface area contributed by atoms with Crippen LogP contribution in [0.2, 0.25) is 0 Å². The van der Waals surface area contributed by atoms with Gasteiger partial charge in [-0.2, -0.15) is 0 Å². The van der Waals surface area contributed by atoms with Crippen LogP contribution in [0.1, 0.15) is 68.1 Å². The van der Waals surface area contributed by atoms with Crippen molar-refractivity contribution in [3.63, 3.8) is 0 Å². The number of nitrogens with zero attached hydrogens (tertiary/aromatic N) is 4. The second-order valence-corrected chi connectivity index (χ2v) is 7.99. The van der Waals surface area contributed by atoms with Crippen LogP contribution in [-0.2, 0) is 17.9 Å². The van der Waals surface area contributed by atoms with Gasteiger partial charge < -0.3 is 9.32 Å². The standard InChI is InChI=1S/C19H24N4O2/c1-12-8-16(12)18-7-6-15(25-18)9-23(14-4-5-14)19(24)11-22-10-17(20-21-22)13-2-3-13/h6-7,10,12-14,16H,2-5,8-9,11H2,1H3/t12-,16+/m0/s1. The molecule has 132 valence electrons. The first-order valence-electron chi connectivity index (χ1n) is 9.45. The molecule has 6 heteroatoms. The minimum atomic E-state index is 0.104. The zero-order valence-electron chi connectivity index (χ0n) is 14.6. The predicted octanol–water partition coefficient (Wildman–Crippen LogP) is 3.06. The molecule has 0 N–H and O–H groups in total. The van der Waals surface area contributed by atoms with Gasteiger partial charge in [0.2, 0.25) is 5.91 Å². The summed E-state index contributed by atoms with van der Waals surface area (Å²) in [5.74, 6) is 3.95. The quantitative estimate of drug-likeness (QED) is 0.777. The average molecular weight is 340 g/mol. The summed E-state index contributed by atoms with van der Waals surface area (Å²) in [6.07, 6.45) is 7.71. The minimum Gasteiger partial charge on any atom is -0.464 e. The monoisotopic (exact) mass is 340 g/mol. The second-order valence-electron chi connectivity index (χ2n) is 7.99. The second kappa shape index (κ2) is 5.71. The van der Waals surface area contributed by atoms with E-state index < -0.39 is 0 Å². The van der Waals surface area contributed by atoms with Gasteiger partial charge in [0, 0.05) is 24.1 Å². The Morgan fingerprint density at radius 3 is 2.80 bits per heavy atom. The Balaban J connectivity index is 1.25. The molecule has 2 heterocycles. The van der Waals surface area contributed by atoms with Crippen LogP contribution in [0.5, 0.6) is 0 Å². The minimum absolute atomic E-state index is 0.104. The molecule has 0 saturated heterocycles. The highest BCUT2D eigenvalue weighted by atomic mass is 16.3. The largest absolute Gasteiger partial charge is 0.464 e. The lowest BCUT2D eigenvalue weighted by Gasteiger charge is -2.21. The van der Waals surface area contributed by atoms with Crippen molar-refractivity contribution in [1.82, 2.24) is 19.9 Å². The molecule has 0 unspecified atom stereocenters. The lowest BCUT2D eigenvalue weighted by atomic mass is 10.3. The summed E-state index contributed by atoms with van der Waals surface area (Å²) in [7, 11) is 0. The molecule has 0 bridgehead atoms. The number of rotatable bonds is 7. The van der Waals surface area contributed by atoms with Crippen molar-refractivity contribution in [2.24, 2.45) is 5.92 Å². The van der Waals surface area contributed by atoms with Crippen molar-refractivity contribution >= 4 is 5.91 Å². The normalized spacial score (nSPS) is 25.2. The highest BCUT2D eigenvalue weighted by molar-refractivity contribution is 5.76. The van der Waals surface area contributed by atoms with Gasteiger partial charge in [-0.1, -0.05) is 12.1 Å². The van der Waals surface area contributed by atoms with Gasteiger partial charge in [-0.05, 0) is 50.2 Å². The Labute approximate surface area is 147 Å². The Kier molecular flexibility index (Phi) is 3.47. The Morgan fingerprint density at radius 1 is 1.32 bits per heavy atom. The average Bonchev–Trinajstić information content (AvgIpc) is 3.53. The zero-order valence-corrected chi connectivity index (χ0v) is 14.6. The van der Waals surface area contributed by atoms with Crippen molar-refractivity contribution < 1.29 is 9.21 Å². The molecular weight excluding hydrogens is 316 g/mol. The van der Waals surface area contributed by atoms with Gasteiger partial charge >= 0.3 is 0 Å². The molecule has 5 rings (SSSR count). The lowest BCUT2D eigenvalue weighted by molar-refractivity contribution is -0.133. The number of aromatic nitrogens is 3. The Morgan fingerprint density at radius 2 is 2.12 bits per heavy atom. The molecular formula is C19H24N4O2. The van der Waals surface area contributed by atoms with E-state index in [1.54, 1.807) is 4.68 Å². The van der Waals surface area contributed by atoms with Gasteiger partial charge in [-0.15, -0.1) is 5.10 Å². The number of amides is 1.